The highest BCUT2D eigenvalue weighted by molar-refractivity contribution is 6.06. The molecule has 2 fully saturated rings. The van der Waals surface area contributed by atoms with Crippen LogP contribution in [0.4, 0.5) is 0 Å². The zero-order valence-corrected chi connectivity index (χ0v) is 9.83. The number of carbonyl (C=O) groups is 2. The highest BCUT2D eigenvalue weighted by Crippen LogP contribution is 2.31. The van der Waals surface area contributed by atoms with Gasteiger partial charge in [0.15, 0.2) is 6.33 Å². The molecule has 1 saturated heterocycles. The molecule has 7 heteroatoms. The van der Waals surface area contributed by atoms with Crippen molar-refractivity contribution in [3.63, 3.8) is 0 Å². The van der Waals surface area contributed by atoms with E-state index in [0.29, 0.717) is 18.9 Å². The van der Waals surface area contributed by atoms with Crippen LogP contribution in [-0.4, -0.2) is 45.5 Å². The van der Waals surface area contributed by atoms with Crippen molar-refractivity contribution in [3.05, 3.63) is 12.2 Å². The summed E-state index contributed by atoms with van der Waals surface area (Å²) in [4.78, 5) is 29.0. The van der Waals surface area contributed by atoms with Crippen molar-refractivity contribution < 1.29 is 14.1 Å². The molecule has 0 spiro atoms. The van der Waals surface area contributed by atoms with Gasteiger partial charge in [-0.2, -0.15) is 4.98 Å². The summed E-state index contributed by atoms with van der Waals surface area (Å²) in [5.41, 5.74) is 0. The van der Waals surface area contributed by atoms with Crippen LogP contribution < -0.4 is 5.32 Å². The molecule has 1 atom stereocenters. The third-order valence-electron chi connectivity index (χ3n) is 3.23. The van der Waals surface area contributed by atoms with Crippen molar-refractivity contribution in [2.75, 3.05) is 6.54 Å². The smallest absolute Gasteiger partial charge is 0.247 e. The number of hydrogen-bond acceptors (Lipinski definition) is 6. The van der Waals surface area contributed by atoms with E-state index in [2.05, 4.69) is 15.5 Å². The fraction of sp³-hybridized carbons (Fsp3) is 0.636. The Morgan fingerprint density at radius 3 is 2.94 bits per heavy atom. The molecule has 96 valence electrons. The van der Waals surface area contributed by atoms with Crippen LogP contribution in [0.2, 0.25) is 0 Å². The zero-order chi connectivity index (χ0) is 12.5. The normalized spacial score (nSPS) is 24.0. The van der Waals surface area contributed by atoms with Gasteiger partial charge in [-0.25, -0.2) is 0 Å². The quantitative estimate of drug-likeness (QED) is 0.708. The SMILES string of the molecule is O=C1CC(NCCc2ncno2)C(=O)N1C1CC1. The number of rotatable bonds is 5. The Balaban J connectivity index is 1.51. The number of hydrogen-bond donors (Lipinski definition) is 1. The zero-order valence-electron chi connectivity index (χ0n) is 9.83. The number of nitrogens with zero attached hydrogens (tertiary/aromatic N) is 3. The second-order valence-electron chi connectivity index (χ2n) is 4.63. The lowest BCUT2D eigenvalue weighted by Crippen LogP contribution is -2.40. The Hall–Kier alpha value is -1.76. The summed E-state index contributed by atoms with van der Waals surface area (Å²) in [6.45, 7) is 0.546. The van der Waals surface area contributed by atoms with Gasteiger partial charge in [0.05, 0.1) is 12.5 Å². The van der Waals surface area contributed by atoms with Crippen molar-refractivity contribution >= 4 is 11.8 Å². The monoisotopic (exact) mass is 250 g/mol. The standard InChI is InChI=1S/C11H14N4O3/c16-10-5-8(11(17)15(10)7-1-2-7)12-4-3-9-13-6-14-18-9/h6-8,12H,1-5H2. The fourth-order valence-corrected chi connectivity index (χ4v) is 2.19. The molecule has 1 aromatic rings. The summed E-state index contributed by atoms with van der Waals surface area (Å²) < 4.78 is 4.85. The highest BCUT2D eigenvalue weighted by Gasteiger charge is 2.45. The Labute approximate surface area is 104 Å². The summed E-state index contributed by atoms with van der Waals surface area (Å²) in [5, 5.41) is 6.57. The van der Waals surface area contributed by atoms with Gasteiger partial charge in [0.25, 0.3) is 0 Å². The molecule has 1 saturated carbocycles. The third kappa shape index (κ3) is 2.13. The van der Waals surface area contributed by atoms with E-state index >= 15 is 0 Å². The Morgan fingerprint density at radius 1 is 1.44 bits per heavy atom. The molecule has 1 unspecified atom stereocenters. The van der Waals surface area contributed by atoms with Crippen molar-refractivity contribution in [1.82, 2.24) is 20.4 Å². The van der Waals surface area contributed by atoms with Crippen LogP contribution in [0.25, 0.3) is 0 Å². The lowest BCUT2D eigenvalue weighted by atomic mass is 10.2. The third-order valence-corrected chi connectivity index (χ3v) is 3.23. The molecule has 1 aliphatic heterocycles. The second kappa shape index (κ2) is 4.49. The predicted octanol–water partition coefficient (Wildman–Crippen LogP) is -0.508. The molecule has 1 aromatic heterocycles. The van der Waals surface area contributed by atoms with Gasteiger partial charge >= 0.3 is 0 Å². The minimum atomic E-state index is -0.388. The van der Waals surface area contributed by atoms with E-state index in [1.165, 1.54) is 11.2 Å². The molecule has 0 radical (unpaired) electrons. The lowest BCUT2D eigenvalue weighted by molar-refractivity contribution is -0.139. The van der Waals surface area contributed by atoms with Crippen LogP contribution in [-0.2, 0) is 16.0 Å². The van der Waals surface area contributed by atoms with Crippen molar-refractivity contribution in [3.8, 4) is 0 Å². The first-order valence-corrected chi connectivity index (χ1v) is 6.10. The highest BCUT2D eigenvalue weighted by atomic mass is 16.5. The van der Waals surface area contributed by atoms with Crippen LogP contribution >= 0.6 is 0 Å². The van der Waals surface area contributed by atoms with Gasteiger partial charge in [-0.05, 0) is 12.8 Å². The molecule has 18 heavy (non-hydrogen) atoms. The molecule has 2 heterocycles. The molecule has 2 aliphatic rings. The van der Waals surface area contributed by atoms with Crippen LogP contribution in [0.5, 0.6) is 0 Å². The number of nitrogens with one attached hydrogen (secondary N) is 1. The van der Waals surface area contributed by atoms with Crippen LogP contribution in [0.15, 0.2) is 10.9 Å². The van der Waals surface area contributed by atoms with Gasteiger partial charge in [0.1, 0.15) is 0 Å². The average Bonchev–Trinajstić information content (AvgIpc) is 2.95. The number of carbonyl (C=O) groups excluding carboxylic acids is 2. The number of aromatic nitrogens is 2. The Bertz CT molecular complexity index is 455. The first-order valence-electron chi connectivity index (χ1n) is 6.10. The van der Waals surface area contributed by atoms with Gasteiger partial charge in [0, 0.05) is 19.0 Å². The summed E-state index contributed by atoms with van der Waals surface area (Å²) >= 11 is 0. The molecule has 7 nitrogen and oxygen atoms in total. The number of imide groups is 1. The molecule has 0 bridgehead atoms. The van der Waals surface area contributed by atoms with E-state index in [0.717, 1.165) is 12.8 Å². The van der Waals surface area contributed by atoms with E-state index in [1.807, 2.05) is 0 Å². The van der Waals surface area contributed by atoms with E-state index in [9.17, 15) is 9.59 Å². The molecule has 0 aromatic carbocycles. The van der Waals surface area contributed by atoms with Crippen molar-refractivity contribution in [2.45, 2.75) is 37.8 Å². The van der Waals surface area contributed by atoms with E-state index in [1.54, 1.807) is 0 Å². The topological polar surface area (TPSA) is 88.3 Å². The Morgan fingerprint density at radius 2 is 2.28 bits per heavy atom. The number of amides is 2. The van der Waals surface area contributed by atoms with Crippen LogP contribution in [0, 0.1) is 0 Å². The van der Waals surface area contributed by atoms with Gasteiger partial charge in [-0.3, -0.25) is 14.5 Å². The summed E-state index contributed by atoms with van der Waals surface area (Å²) in [6.07, 6.45) is 4.06. The first-order chi connectivity index (χ1) is 8.75. The van der Waals surface area contributed by atoms with Crippen molar-refractivity contribution in [1.29, 1.82) is 0 Å². The summed E-state index contributed by atoms with van der Waals surface area (Å²) in [7, 11) is 0. The van der Waals surface area contributed by atoms with Crippen LogP contribution in [0.1, 0.15) is 25.2 Å². The van der Waals surface area contributed by atoms with Gasteiger partial charge in [-0.1, -0.05) is 5.16 Å². The largest absolute Gasteiger partial charge is 0.340 e. The molecule has 3 rings (SSSR count). The lowest BCUT2D eigenvalue weighted by Gasteiger charge is -2.13. The predicted molar refractivity (Wildman–Crippen MR) is 59.3 cm³/mol. The van der Waals surface area contributed by atoms with Gasteiger partial charge in [0.2, 0.25) is 17.7 Å². The van der Waals surface area contributed by atoms with E-state index in [-0.39, 0.29) is 30.3 Å². The molecular weight excluding hydrogens is 236 g/mol. The van der Waals surface area contributed by atoms with E-state index < -0.39 is 0 Å². The fourth-order valence-electron chi connectivity index (χ4n) is 2.19. The molecule has 1 N–H and O–H groups in total. The minimum Gasteiger partial charge on any atom is -0.340 e. The number of likely N-dealkylation sites (tertiary alicyclic amines) is 1. The van der Waals surface area contributed by atoms with E-state index in [4.69, 9.17) is 4.52 Å². The second-order valence-corrected chi connectivity index (χ2v) is 4.63. The molecule has 1 aliphatic carbocycles. The van der Waals surface area contributed by atoms with Crippen molar-refractivity contribution in [2.24, 2.45) is 0 Å². The van der Waals surface area contributed by atoms with Gasteiger partial charge in [-0.15, -0.1) is 0 Å². The Kier molecular flexibility index (Phi) is 2.83. The minimum absolute atomic E-state index is 0.0576. The van der Waals surface area contributed by atoms with Crippen LogP contribution in [0.3, 0.4) is 0 Å². The van der Waals surface area contributed by atoms with Gasteiger partial charge < -0.3 is 9.84 Å². The first kappa shape index (κ1) is 11.3. The maximum atomic E-state index is 12.0. The maximum absolute atomic E-state index is 12.0. The average molecular weight is 250 g/mol. The molecular formula is C11H14N4O3. The molecule has 2 amide bonds. The summed E-state index contributed by atoms with van der Waals surface area (Å²) in [6, 6.07) is -0.228. The maximum Gasteiger partial charge on any atom is 0.247 e. The summed E-state index contributed by atoms with van der Waals surface area (Å²) in [5.74, 6) is 0.379.